The van der Waals surface area contributed by atoms with E-state index in [-0.39, 0.29) is 5.91 Å². The normalized spacial score (nSPS) is 11.7. The number of nitrogens with one attached hydrogen (secondary N) is 2. The second kappa shape index (κ2) is 8.97. The summed E-state index contributed by atoms with van der Waals surface area (Å²) in [5.41, 5.74) is 11.9. The number of benzene rings is 1. The van der Waals surface area contributed by atoms with Crippen molar-refractivity contribution in [1.29, 1.82) is 0 Å². The number of carbonyl (C=O) groups excluding carboxylic acids is 2. The van der Waals surface area contributed by atoms with Crippen LogP contribution in [0.5, 0.6) is 0 Å². The first-order valence-electron chi connectivity index (χ1n) is 7.21. The van der Waals surface area contributed by atoms with Crippen LogP contribution < -0.4 is 22.1 Å². The first-order valence-corrected chi connectivity index (χ1v) is 7.21. The smallest absolute Gasteiger partial charge is 0.316 e. The minimum Gasteiger partial charge on any atom is -0.351 e. The molecule has 116 valence electrons. The van der Waals surface area contributed by atoms with Crippen molar-refractivity contribution in [2.75, 3.05) is 17.2 Å². The molecule has 1 unspecified atom stereocenters. The number of hydrogen-bond donors (Lipinski definition) is 4. The van der Waals surface area contributed by atoms with Crippen LogP contribution in [0.4, 0.5) is 16.2 Å². The second-order valence-corrected chi connectivity index (χ2v) is 5.01. The lowest BCUT2D eigenvalue weighted by Gasteiger charge is -2.13. The number of nitrogens with two attached hydrogens (primary N) is 2. The van der Waals surface area contributed by atoms with E-state index in [1.807, 2.05) is 0 Å². The Bertz CT molecular complexity index is 459. The number of anilines is 2. The molecule has 0 bridgehead atoms. The first-order chi connectivity index (χ1) is 10.0. The van der Waals surface area contributed by atoms with Crippen LogP contribution >= 0.6 is 0 Å². The fourth-order valence-electron chi connectivity index (χ4n) is 2.13. The van der Waals surface area contributed by atoms with Crippen LogP contribution in [0.3, 0.4) is 0 Å². The molecule has 0 saturated heterocycles. The van der Waals surface area contributed by atoms with Crippen molar-refractivity contribution in [3.8, 4) is 0 Å². The van der Waals surface area contributed by atoms with Gasteiger partial charge in [0.25, 0.3) is 0 Å². The zero-order valence-corrected chi connectivity index (χ0v) is 12.4. The number of rotatable bonds is 8. The SMILES string of the molecule is CCC(CCN)CCC(=O)Nc1ccc(NC(N)=O)cc1. The quantitative estimate of drug-likeness (QED) is 0.590. The summed E-state index contributed by atoms with van der Waals surface area (Å²) in [7, 11) is 0. The highest BCUT2D eigenvalue weighted by Gasteiger charge is 2.09. The minimum atomic E-state index is -0.614. The summed E-state index contributed by atoms with van der Waals surface area (Å²) < 4.78 is 0. The Balaban J connectivity index is 2.42. The van der Waals surface area contributed by atoms with Crippen LogP contribution in [0.2, 0.25) is 0 Å². The lowest BCUT2D eigenvalue weighted by atomic mass is 9.96. The van der Waals surface area contributed by atoms with Crippen LogP contribution in [0.1, 0.15) is 32.6 Å². The van der Waals surface area contributed by atoms with E-state index in [1.54, 1.807) is 24.3 Å². The van der Waals surface area contributed by atoms with Crippen molar-refractivity contribution in [3.05, 3.63) is 24.3 Å². The highest BCUT2D eigenvalue weighted by molar-refractivity contribution is 5.91. The van der Waals surface area contributed by atoms with Crippen molar-refractivity contribution in [3.63, 3.8) is 0 Å². The van der Waals surface area contributed by atoms with E-state index in [2.05, 4.69) is 17.6 Å². The molecule has 6 heteroatoms. The Morgan fingerprint density at radius 1 is 1.10 bits per heavy atom. The summed E-state index contributed by atoms with van der Waals surface area (Å²) in [4.78, 5) is 22.6. The zero-order valence-electron chi connectivity index (χ0n) is 12.4. The van der Waals surface area contributed by atoms with Crippen LogP contribution in [0.15, 0.2) is 24.3 Å². The molecule has 0 spiro atoms. The van der Waals surface area contributed by atoms with E-state index in [0.717, 1.165) is 19.3 Å². The third kappa shape index (κ3) is 6.76. The highest BCUT2D eigenvalue weighted by atomic mass is 16.2. The maximum absolute atomic E-state index is 11.9. The van der Waals surface area contributed by atoms with Gasteiger partial charge in [0.05, 0.1) is 0 Å². The van der Waals surface area contributed by atoms with Gasteiger partial charge in [-0.15, -0.1) is 0 Å². The highest BCUT2D eigenvalue weighted by Crippen LogP contribution is 2.17. The van der Waals surface area contributed by atoms with Gasteiger partial charge in [0, 0.05) is 17.8 Å². The van der Waals surface area contributed by atoms with E-state index in [0.29, 0.717) is 30.3 Å². The number of carbonyl (C=O) groups is 2. The number of amides is 3. The molecular weight excluding hydrogens is 268 g/mol. The molecule has 1 aromatic carbocycles. The van der Waals surface area contributed by atoms with Gasteiger partial charge < -0.3 is 22.1 Å². The van der Waals surface area contributed by atoms with Gasteiger partial charge in [-0.3, -0.25) is 4.79 Å². The molecule has 1 atom stereocenters. The third-order valence-electron chi connectivity index (χ3n) is 3.37. The molecule has 0 aliphatic carbocycles. The fraction of sp³-hybridized carbons (Fsp3) is 0.467. The molecule has 0 fully saturated rings. The van der Waals surface area contributed by atoms with Crippen molar-refractivity contribution >= 4 is 23.3 Å². The van der Waals surface area contributed by atoms with Gasteiger partial charge in [-0.25, -0.2) is 4.79 Å². The Kier molecular flexibility index (Phi) is 7.25. The third-order valence-corrected chi connectivity index (χ3v) is 3.37. The van der Waals surface area contributed by atoms with Crippen molar-refractivity contribution in [2.45, 2.75) is 32.6 Å². The predicted molar refractivity (Wildman–Crippen MR) is 85.0 cm³/mol. The maximum atomic E-state index is 11.9. The van der Waals surface area contributed by atoms with Crippen LogP contribution in [-0.4, -0.2) is 18.5 Å². The molecule has 1 aromatic rings. The van der Waals surface area contributed by atoms with Crippen molar-refractivity contribution in [2.24, 2.45) is 17.4 Å². The van der Waals surface area contributed by atoms with Gasteiger partial charge in [-0.05, 0) is 49.6 Å². The van der Waals surface area contributed by atoms with Crippen LogP contribution in [0, 0.1) is 5.92 Å². The second-order valence-electron chi connectivity index (χ2n) is 5.01. The summed E-state index contributed by atoms with van der Waals surface area (Å²) in [5, 5.41) is 5.29. The van der Waals surface area contributed by atoms with Crippen molar-refractivity contribution in [1.82, 2.24) is 0 Å². The van der Waals surface area contributed by atoms with Gasteiger partial charge >= 0.3 is 6.03 Å². The van der Waals surface area contributed by atoms with E-state index in [9.17, 15) is 9.59 Å². The molecule has 1 rings (SSSR count). The molecule has 6 N–H and O–H groups in total. The first kappa shape index (κ1) is 17.0. The van der Waals surface area contributed by atoms with Gasteiger partial charge in [0.2, 0.25) is 5.91 Å². The lowest BCUT2D eigenvalue weighted by Crippen LogP contribution is -2.19. The van der Waals surface area contributed by atoms with E-state index < -0.39 is 6.03 Å². The lowest BCUT2D eigenvalue weighted by molar-refractivity contribution is -0.116. The van der Waals surface area contributed by atoms with Gasteiger partial charge in [0.1, 0.15) is 0 Å². The van der Waals surface area contributed by atoms with E-state index in [4.69, 9.17) is 11.5 Å². The number of urea groups is 1. The van der Waals surface area contributed by atoms with Crippen LogP contribution in [0.25, 0.3) is 0 Å². The monoisotopic (exact) mass is 292 g/mol. The fourth-order valence-corrected chi connectivity index (χ4v) is 2.13. The van der Waals surface area contributed by atoms with Crippen LogP contribution in [-0.2, 0) is 4.79 Å². The molecular formula is C15H24N4O2. The minimum absolute atomic E-state index is 0.0129. The molecule has 6 nitrogen and oxygen atoms in total. The molecule has 0 aliphatic heterocycles. The number of hydrogen-bond acceptors (Lipinski definition) is 3. The molecule has 0 aliphatic rings. The Hall–Kier alpha value is -2.08. The van der Waals surface area contributed by atoms with E-state index in [1.165, 1.54) is 0 Å². The molecule has 3 amide bonds. The molecule has 0 radical (unpaired) electrons. The summed E-state index contributed by atoms with van der Waals surface area (Å²) in [5.74, 6) is 0.490. The molecule has 0 heterocycles. The molecule has 0 aromatic heterocycles. The summed E-state index contributed by atoms with van der Waals surface area (Å²) in [6.07, 6.45) is 3.33. The topological polar surface area (TPSA) is 110 Å². The average Bonchev–Trinajstić information content (AvgIpc) is 2.45. The Morgan fingerprint density at radius 3 is 2.14 bits per heavy atom. The predicted octanol–water partition coefficient (Wildman–Crippen LogP) is 2.27. The standard InChI is InChI=1S/C15H24N4O2/c1-2-11(9-10-16)3-8-14(20)18-12-4-6-13(7-5-12)19-15(17)21/h4-7,11H,2-3,8-10,16H2,1H3,(H,18,20)(H3,17,19,21). The maximum Gasteiger partial charge on any atom is 0.316 e. The summed E-state index contributed by atoms with van der Waals surface area (Å²) >= 11 is 0. The summed E-state index contributed by atoms with van der Waals surface area (Å²) in [6, 6.07) is 6.20. The average molecular weight is 292 g/mol. The van der Waals surface area contributed by atoms with E-state index >= 15 is 0 Å². The van der Waals surface area contributed by atoms with Gasteiger partial charge in [-0.1, -0.05) is 13.3 Å². The van der Waals surface area contributed by atoms with Gasteiger partial charge in [0.15, 0.2) is 0 Å². The van der Waals surface area contributed by atoms with Gasteiger partial charge in [-0.2, -0.15) is 0 Å². The Morgan fingerprint density at radius 2 is 1.67 bits per heavy atom. The van der Waals surface area contributed by atoms with Crippen molar-refractivity contribution < 1.29 is 9.59 Å². The molecule has 21 heavy (non-hydrogen) atoms. The number of primary amides is 1. The zero-order chi connectivity index (χ0) is 15.7. The largest absolute Gasteiger partial charge is 0.351 e. The Labute approximate surface area is 125 Å². The molecule has 0 saturated carbocycles. The summed E-state index contributed by atoms with van der Waals surface area (Å²) in [6.45, 7) is 2.77.